The van der Waals surface area contributed by atoms with Crippen LogP contribution < -0.4 is 11.1 Å². The molecular weight excluding hydrogens is 312 g/mol. The topological polar surface area (TPSA) is 72.2 Å². The zero-order valence-corrected chi connectivity index (χ0v) is 15.5. The molecule has 1 aromatic carbocycles. The summed E-state index contributed by atoms with van der Waals surface area (Å²) in [6.45, 7) is 4.95. The Morgan fingerprint density at radius 1 is 1.20 bits per heavy atom. The van der Waals surface area contributed by atoms with Crippen molar-refractivity contribution in [2.75, 3.05) is 6.54 Å². The lowest BCUT2D eigenvalue weighted by Crippen LogP contribution is -2.50. The fourth-order valence-corrected chi connectivity index (χ4v) is 4.03. The number of hydrogen-bond acceptors (Lipinski definition) is 3. The summed E-state index contributed by atoms with van der Waals surface area (Å²) < 4.78 is 0. The van der Waals surface area contributed by atoms with E-state index in [2.05, 4.69) is 43.4 Å². The average Bonchev–Trinajstić information content (AvgIpc) is 2.69. The van der Waals surface area contributed by atoms with Gasteiger partial charge >= 0.3 is 0 Å². The number of rotatable bonds is 8. The van der Waals surface area contributed by atoms with E-state index in [4.69, 9.17) is 5.73 Å². The Hall–Kier alpha value is -1.68. The first-order valence-corrected chi connectivity index (χ1v) is 9.60. The molecule has 1 aromatic rings. The number of nitrogens with one attached hydrogen (secondary N) is 1. The van der Waals surface area contributed by atoms with E-state index in [0.29, 0.717) is 6.54 Å². The smallest absolute Gasteiger partial charge is 0.237 e. The van der Waals surface area contributed by atoms with Crippen LogP contribution in [0.15, 0.2) is 30.3 Å². The lowest BCUT2D eigenvalue weighted by atomic mass is 9.75. The maximum atomic E-state index is 12.6. The number of carbonyl (C=O) groups excluding carboxylic acids is 2. The molecule has 0 bridgehead atoms. The highest BCUT2D eigenvalue weighted by Gasteiger charge is 2.32. The molecule has 0 saturated heterocycles. The van der Waals surface area contributed by atoms with Crippen molar-refractivity contribution >= 4 is 12.2 Å². The van der Waals surface area contributed by atoms with Crippen LogP contribution >= 0.6 is 0 Å². The van der Waals surface area contributed by atoms with Crippen LogP contribution in [0.1, 0.15) is 57.9 Å². The van der Waals surface area contributed by atoms with Crippen molar-refractivity contribution in [1.29, 1.82) is 0 Å². The fourth-order valence-electron chi connectivity index (χ4n) is 4.03. The van der Waals surface area contributed by atoms with Gasteiger partial charge in [0.2, 0.25) is 5.91 Å². The van der Waals surface area contributed by atoms with Gasteiger partial charge in [0.25, 0.3) is 0 Å². The molecule has 1 aliphatic rings. The summed E-state index contributed by atoms with van der Waals surface area (Å²) in [6, 6.07) is 9.92. The molecule has 1 aliphatic carbocycles. The van der Waals surface area contributed by atoms with Gasteiger partial charge in [-0.05, 0) is 50.0 Å². The van der Waals surface area contributed by atoms with Crippen LogP contribution in [0, 0.1) is 11.8 Å². The number of carbonyl (C=O) groups is 2. The molecule has 0 aliphatic heterocycles. The molecule has 1 fully saturated rings. The lowest BCUT2D eigenvalue weighted by Gasteiger charge is -2.34. The molecule has 1 atom stereocenters. The number of nitrogens with two attached hydrogens (primary N) is 1. The highest BCUT2D eigenvalue weighted by Crippen LogP contribution is 2.32. The maximum absolute atomic E-state index is 12.6. The van der Waals surface area contributed by atoms with E-state index < -0.39 is 6.04 Å². The summed E-state index contributed by atoms with van der Waals surface area (Å²) in [5.41, 5.74) is 7.44. The number of aldehydes is 1. The highest BCUT2D eigenvalue weighted by molar-refractivity contribution is 5.82. The van der Waals surface area contributed by atoms with E-state index in [9.17, 15) is 9.59 Å². The van der Waals surface area contributed by atoms with Gasteiger partial charge in [-0.2, -0.15) is 0 Å². The zero-order chi connectivity index (χ0) is 18.3. The molecule has 1 amide bonds. The SMILES string of the molecule is CCC(CC)(CNC(=O)C(N)C1CCC(C=O)CC1)c1ccccc1. The van der Waals surface area contributed by atoms with E-state index in [1.54, 1.807) is 0 Å². The van der Waals surface area contributed by atoms with Crippen LogP contribution in [0.3, 0.4) is 0 Å². The third-order valence-corrected chi connectivity index (χ3v) is 6.16. The highest BCUT2D eigenvalue weighted by atomic mass is 16.2. The maximum Gasteiger partial charge on any atom is 0.237 e. The summed E-state index contributed by atoms with van der Waals surface area (Å²) in [6.07, 6.45) is 6.41. The standard InChI is InChI=1S/C21H32N2O2/c1-3-21(4-2,18-8-6-5-7-9-18)15-23-20(25)19(22)17-12-10-16(14-24)11-13-17/h5-9,14,16-17,19H,3-4,10-13,15,22H2,1-2H3,(H,23,25). The molecule has 138 valence electrons. The van der Waals surface area contributed by atoms with Crippen LogP contribution in [0.2, 0.25) is 0 Å². The van der Waals surface area contributed by atoms with Crippen LogP contribution in [0.4, 0.5) is 0 Å². The fraction of sp³-hybridized carbons (Fsp3) is 0.619. The first-order chi connectivity index (χ1) is 12.1. The van der Waals surface area contributed by atoms with Gasteiger partial charge in [0, 0.05) is 17.9 Å². The summed E-state index contributed by atoms with van der Waals surface area (Å²) in [4.78, 5) is 23.5. The summed E-state index contributed by atoms with van der Waals surface area (Å²) in [5, 5.41) is 3.11. The molecule has 0 heterocycles. The summed E-state index contributed by atoms with van der Waals surface area (Å²) >= 11 is 0. The molecule has 2 rings (SSSR count). The van der Waals surface area contributed by atoms with Crippen LogP contribution in [0.5, 0.6) is 0 Å². The number of hydrogen-bond donors (Lipinski definition) is 2. The van der Waals surface area contributed by atoms with E-state index >= 15 is 0 Å². The summed E-state index contributed by atoms with van der Waals surface area (Å²) in [7, 11) is 0. The monoisotopic (exact) mass is 344 g/mol. The van der Waals surface area contributed by atoms with Crippen molar-refractivity contribution in [3.8, 4) is 0 Å². The quantitative estimate of drug-likeness (QED) is 0.711. The third-order valence-electron chi connectivity index (χ3n) is 6.16. The Bertz CT molecular complexity index is 546. The van der Waals surface area contributed by atoms with Gasteiger partial charge in [-0.1, -0.05) is 44.2 Å². The van der Waals surface area contributed by atoms with Crippen molar-refractivity contribution in [2.24, 2.45) is 17.6 Å². The zero-order valence-electron chi connectivity index (χ0n) is 15.5. The normalized spacial score (nSPS) is 22.2. The van der Waals surface area contributed by atoms with Crippen molar-refractivity contribution in [3.63, 3.8) is 0 Å². The van der Waals surface area contributed by atoms with Crippen molar-refractivity contribution in [2.45, 2.75) is 63.8 Å². The Kier molecular flexibility index (Phi) is 7.18. The van der Waals surface area contributed by atoms with Gasteiger partial charge in [0.1, 0.15) is 6.29 Å². The first-order valence-electron chi connectivity index (χ1n) is 9.60. The van der Waals surface area contributed by atoms with E-state index in [-0.39, 0.29) is 23.2 Å². The molecule has 25 heavy (non-hydrogen) atoms. The van der Waals surface area contributed by atoms with Gasteiger partial charge in [0.05, 0.1) is 6.04 Å². The van der Waals surface area contributed by atoms with Crippen LogP contribution in [0.25, 0.3) is 0 Å². The summed E-state index contributed by atoms with van der Waals surface area (Å²) in [5.74, 6) is 0.278. The third kappa shape index (κ3) is 4.69. The van der Waals surface area contributed by atoms with Crippen molar-refractivity contribution < 1.29 is 9.59 Å². The predicted octanol–water partition coefficient (Wildman–Crippen LogP) is 3.19. The van der Waals surface area contributed by atoms with Gasteiger partial charge in [-0.3, -0.25) is 4.79 Å². The van der Waals surface area contributed by atoms with Crippen molar-refractivity contribution in [1.82, 2.24) is 5.32 Å². The molecule has 0 spiro atoms. The van der Waals surface area contributed by atoms with E-state index in [1.807, 2.05) is 6.07 Å². The van der Waals surface area contributed by atoms with Gasteiger partial charge in [0.15, 0.2) is 0 Å². The van der Waals surface area contributed by atoms with Crippen LogP contribution in [-0.4, -0.2) is 24.8 Å². The molecule has 3 N–H and O–H groups in total. The molecule has 0 aromatic heterocycles. The molecule has 0 radical (unpaired) electrons. The first kappa shape index (κ1) is 19.6. The second-order valence-corrected chi connectivity index (χ2v) is 7.41. The van der Waals surface area contributed by atoms with Gasteiger partial charge < -0.3 is 15.8 Å². The largest absolute Gasteiger partial charge is 0.354 e. The van der Waals surface area contributed by atoms with Gasteiger partial charge in [-0.15, -0.1) is 0 Å². The van der Waals surface area contributed by atoms with Crippen LogP contribution in [-0.2, 0) is 15.0 Å². The van der Waals surface area contributed by atoms with Gasteiger partial charge in [-0.25, -0.2) is 0 Å². The Morgan fingerprint density at radius 3 is 2.32 bits per heavy atom. The molecular formula is C21H32N2O2. The number of benzene rings is 1. The molecule has 1 unspecified atom stereocenters. The Balaban J connectivity index is 1.96. The Labute approximate surface area is 151 Å². The minimum Gasteiger partial charge on any atom is -0.354 e. The predicted molar refractivity (Wildman–Crippen MR) is 101 cm³/mol. The second-order valence-electron chi connectivity index (χ2n) is 7.41. The minimum atomic E-state index is -0.477. The second kappa shape index (κ2) is 9.14. The molecule has 4 heteroatoms. The number of amides is 1. The molecule has 4 nitrogen and oxygen atoms in total. The van der Waals surface area contributed by atoms with Crippen molar-refractivity contribution in [3.05, 3.63) is 35.9 Å². The molecule has 1 saturated carbocycles. The lowest BCUT2D eigenvalue weighted by molar-refractivity contribution is -0.124. The van der Waals surface area contributed by atoms with E-state index in [0.717, 1.165) is 44.8 Å². The van der Waals surface area contributed by atoms with E-state index in [1.165, 1.54) is 5.56 Å². The average molecular weight is 344 g/mol. The Morgan fingerprint density at radius 2 is 1.80 bits per heavy atom. The minimum absolute atomic E-state index is 0.0498.